The molecule has 2 N–H and O–H groups in total. The molecule has 3 unspecified atom stereocenters. The number of rotatable bonds is 7. The molecule has 0 radical (unpaired) electrons. The van der Waals surface area contributed by atoms with E-state index in [0.717, 1.165) is 12.0 Å². The summed E-state index contributed by atoms with van der Waals surface area (Å²) in [6, 6.07) is 18.5. The number of carbonyl (C=O) groups is 1. The molecule has 0 saturated heterocycles. The monoisotopic (exact) mass is 324 g/mol. The van der Waals surface area contributed by atoms with E-state index >= 15 is 0 Å². The van der Waals surface area contributed by atoms with E-state index in [2.05, 4.69) is 60.9 Å². The van der Waals surface area contributed by atoms with Crippen LogP contribution >= 0.6 is 0 Å². The number of nitrogens with one attached hydrogen (secondary N) is 2. The minimum absolute atomic E-state index is 0.000289. The predicted octanol–water partition coefficient (Wildman–Crippen LogP) is 4.17. The van der Waals surface area contributed by atoms with Gasteiger partial charge in [-0.1, -0.05) is 61.5 Å². The Morgan fingerprint density at radius 2 is 1.46 bits per heavy atom. The van der Waals surface area contributed by atoms with Gasteiger partial charge in [-0.05, 0) is 43.9 Å². The summed E-state index contributed by atoms with van der Waals surface area (Å²) >= 11 is 0. The maximum Gasteiger partial charge on any atom is 0.237 e. The second-order valence-electron chi connectivity index (χ2n) is 6.35. The highest BCUT2D eigenvalue weighted by molar-refractivity contribution is 5.81. The SMILES string of the molecule is CCc1ccc(C(C)NC(=O)C(C)NC(C)c2ccccc2)cc1. The lowest BCUT2D eigenvalue weighted by atomic mass is 10.0. The second kappa shape index (κ2) is 8.65. The van der Waals surface area contributed by atoms with Crippen molar-refractivity contribution < 1.29 is 4.79 Å². The van der Waals surface area contributed by atoms with Crippen molar-refractivity contribution in [2.24, 2.45) is 0 Å². The van der Waals surface area contributed by atoms with Crippen LogP contribution in [0.4, 0.5) is 0 Å². The number of hydrogen-bond donors (Lipinski definition) is 2. The van der Waals surface area contributed by atoms with Crippen molar-refractivity contribution in [2.45, 2.75) is 52.2 Å². The van der Waals surface area contributed by atoms with Crippen LogP contribution in [-0.2, 0) is 11.2 Å². The molecular weight excluding hydrogens is 296 g/mol. The van der Waals surface area contributed by atoms with Crippen molar-refractivity contribution in [2.75, 3.05) is 0 Å². The highest BCUT2D eigenvalue weighted by Gasteiger charge is 2.18. The molecule has 1 amide bonds. The van der Waals surface area contributed by atoms with Crippen LogP contribution in [0.2, 0.25) is 0 Å². The van der Waals surface area contributed by atoms with E-state index in [4.69, 9.17) is 0 Å². The molecule has 0 spiro atoms. The Hall–Kier alpha value is -2.13. The molecule has 3 atom stereocenters. The lowest BCUT2D eigenvalue weighted by Crippen LogP contribution is -2.43. The van der Waals surface area contributed by atoms with E-state index in [-0.39, 0.29) is 24.0 Å². The molecule has 0 fully saturated rings. The third kappa shape index (κ3) is 4.93. The van der Waals surface area contributed by atoms with Crippen LogP contribution in [0.25, 0.3) is 0 Å². The molecule has 24 heavy (non-hydrogen) atoms. The molecule has 2 rings (SSSR count). The van der Waals surface area contributed by atoms with Crippen molar-refractivity contribution in [1.82, 2.24) is 10.6 Å². The molecule has 3 nitrogen and oxygen atoms in total. The van der Waals surface area contributed by atoms with Crippen molar-refractivity contribution in [3.05, 3.63) is 71.3 Å². The zero-order valence-corrected chi connectivity index (χ0v) is 15.0. The van der Waals surface area contributed by atoms with Gasteiger partial charge < -0.3 is 5.32 Å². The van der Waals surface area contributed by atoms with Crippen molar-refractivity contribution >= 4 is 5.91 Å². The summed E-state index contributed by atoms with van der Waals surface area (Å²) in [7, 11) is 0. The Kier molecular flexibility index (Phi) is 6.56. The van der Waals surface area contributed by atoms with Gasteiger partial charge in [0, 0.05) is 6.04 Å². The van der Waals surface area contributed by atoms with Crippen LogP contribution in [0.1, 0.15) is 56.5 Å². The predicted molar refractivity (Wildman–Crippen MR) is 99.8 cm³/mol. The van der Waals surface area contributed by atoms with Gasteiger partial charge >= 0.3 is 0 Å². The number of carbonyl (C=O) groups excluding carboxylic acids is 1. The van der Waals surface area contributed by atoms with Crippen LogP contribution in [0.5, 0.6) is 0 Å². The number of amides is 1. The Labute approximate surface area is 145 Å². The molecule has 2 aromatic carbocycles. The summed E-state index contributed by atoms with van der Waals surface area (Å²) in [5.41, 5.74) is 3.62. The van der Waals surface area contributed by atoms with Crippen molar-refractivity contribution in [3.8, 4) is 0 Å². The first-order chi connectivity index (χ1) is 11.5. The Bertz CT molecular complexity index is 637. The molecule has 128 valence electrons. The third-order valence-electron chi connectivity index (χ3n) is 4.44. The molecule has 2 aromatic rings. The standard InChI is InChI=1S/C21H28N2O/c1-5-18-11-13-20(14-12-18)16(3)23-21(24)17(4)22-15(2)19-9-7-6-8-10-19/h6-17,22H,5H2,1-4H3,(H,23,24). The van der Waals surface area contributed by atoms with Crippen LogP contribution in [0.3, 0.4) is 0 Å². The zero-order chi connectivity index (χ0) is 17.5. The summed E-state index contributed by atoms with van der Waals surface area (Å²) in [5, 5.41) is 6.45. The fourth-order valence-corrected chi connectivity index (χ4v) is 2.75. The highest BCUT2D eigenvalue weighted by atomic mass is 16.2. The molecule has 0 saturated carbocycles. The van der Waals surface area contributed by atoms with Crippen LogP contribution in [-0.4, -0.2) is 11.9 Å². The Balaban J connectivity index is 1.90. The van der Waals surface area contributed by atoms with Crippen LogP contribution in [0, 0.1) is 0 Å². The molecule has 0 aliphatic carbocycles. The van der Waals surface area contributed by atoms with Gasteiger partial charge in [0.15, 0.2) is 0 Å². The highest BCUT2D eigenvalue weighted by Crippen LogP contribution is 2.15. The summed E-state index contributed by atoms with van der Waals surface area (Å²) in [6.07, 6.45) is 1.03. The Morgan fingerprint density at radius 1 is 0.875 bits per heavy atom. The van der Waals surface area contributed by atoms with Gasteiger partial charge in [0.2, 0.25) is 5.91 Å². The summed E-state index contributed by atoms with van der Waals surface area (Å²) in [5.74, 6) is 0.0184. The molecular formula is C21H28N2O. The minimum Gasteiger partial charge on any atom is -0.348 e. The minimum atomic E-state index is -0.252. The Morgan fingerprint density at radius 3 is 2.04 bits per heavy atom. The van der Waals surface area contributed by atoms with E-state index in [1.807, 2.05) is 32.0 Å². The van der Waals surface area contributed by atoms with Crippen LogP contribution in [0.15, 0.2) is 54.6 Å². The average Bonchev–Trinajstić information content (AvgIpc) is 2.62. The summed E-state index contributed by atoms with van der Waals surface area (Å²) in [6.45, 7) is 8.14. The molecule has 0 heterocycles. The fraction of sp³-hybridized carbons (Fsp3) is 0.381. The smallest absolute Gasteiger partial charge is 0.237 e. The molecule has 0 aliphatic rings. The van der Waals surface area contributed by atoms with Gasteiger partial charge in [-0.25, -0.2) is 0 Å². The quantitative estimate of drug-likeness (QED) is 0.803. The van der Waals surface area contributed by atoms with Gasteiger partial charge in [0.05, 0.1) is 12.1 Å². The van der Waals surface area contributed by atoms with Gasteiger partial charge in [-0.2, -0.15) is 0 Å². The van der Waals surface area contributed by atoms with E-state index < -0.39 is 0 Å². The topological polar surface area (TPSA) is 41.1 Å². The van der Waals surface area contributed by atoms with Crippen molar-refractivity contribution in [1.29, 1.82) is 0 Å². The summed E-state index contributed by atoms with van der Waals surface area (Å²) in [4.78, 5) is 12.4. The molecule has 0 aliphatic heterocycles. The zero-order valence-electron chi connectivity index (χ0n) is 15.0. The lowest BCUT2D eigenvalue weighted by molar-refractivity contribution is -0.123. The van der Waals surface area contributed by atoms with Gasteiger partial charge in [-0.3, -0.25) is 10.1 Å². The first kappa shape index (κ1) is 18.2. The fourth-order valence-electron chi connectivity index (χ4n) is 2.75. The largest absolute Gasteiger partial charge is 0.348 e. The second-order valence-corrected chi connectivity index (χ2v) is 6.35. The first-order valence-corrected chi connectivity index (χ1v) is 8.71. The van der Waals surface area contributed by atoms with Gasteiger partial charge in [0.1, 0.15) is 0 Å². The molecule has 3 heteroatoms. The van der Waals surface area contributed by atoms with Crippen LogP contribution < -0.4 is 10.6 Å². The lowest BCUT2D eigenvalue weighted by Gasteiger charge is -2.22. The van der Waals surface area contributed by atoms with Gasteiger partial charge in [-0.15, -0.1) is 0 Å². The normalized spacial score (nSPS) is 14.7. The number of aryl methyl sites for hydroxylation is 1. The summed E-state index contributed by atoms with van der Waals surface area (Å²) < 4.78 is 0. The third-order valence-corrected chi connectivity index (χ3v) is 4.44. The van der Waals surface area contributed by atoms with Gasteiger partial charge in [0.25, 0.3) is 0 Å². The van der Waals surface area contributed by atoms with Crippen molar-refractivity contribution in [3.63, 3.8) is 0 Å². The van der Waals surface area contributed by atoms with E-state index in [1.54, 1.807) is 0 Å². The number of hydrogen-bond acceptors (Lipinski definition) is 2. The van der Waals surface area contributed by atoms with E-state index in [9.17, 15) is 4.79 Å². The molecule has 0 aromatic heterocycles. The first-order valence-electron chi connectivity index (χ1n) is 8.71. The molecule has 0 bridgehead atoms. The maximum absolute atomic E-state index is 12.4. The number of benzene rings is 2. The van der Waals surface area contributed by atoms with E-state index in [0.29, 0.717) is 0 Å². The average molecular weight is 324 g/mol. The van der Waals surface area contributed by atoms with E-state index in [1.165, 1.54) is 11.1 Å². The maximum atomic E-state index is 12.4.